The fourth-order valence-corrected chi connectivity index (χ4v) is 1.41. The number of aryl methyl sites for hydroxylation is 2. The highest BCUT2D eigenvalue weighted by molar-refractivity contribution is 4.92. The number of hydrogen-bond donors (Lipinski definition) is 1. The molecule has 7 heteroatoms. The van der Waals surface area contributed by atoms with Gasteiger partial charge in [-0.1, -0.05) is 0 Å². The van der Waals surface area contributed by atoms with Crippen LogP contribution in [0.5, 0.6) is 0 Å². The van der Waals surface area contributed by atoms with E-state index in [4.69, 9.17) is 5.73 Å². The van der Waals surface area contributed by atoms with Crippen molar-refractivity contribution in [1.29, 1.82) is 0 Å². The highest BCUT2D eigenvalue weighted by Gasteiger charge is 2.41. The third-order valence-corrected chi connectivity index (χ3v) is 2.02. The molecule has 15 heavy (non-hydrogen) atoms. The van der Waals surface area contributed by atoms with E-state index in [1.807, 2.05) is 0 Å². The molecule has 0 aromatic carbocycles. The second-order valence-electron chi connectivity index (χ2n) is 3.29. The largest absolute Gasteiger partial charge is 0.410 e. The fourth-order valence-electron chi connectivity index (χ4n) is 1.41. The molecule has 0 aliphatic rings. The van der Waals surface area contributed by atoms with E-state index in [-0.39, 0.29) is 18.8 Å². The van der Waals surface area contributed by atoms with Crippen molar-refractivity contribution in [1.82, 2.24) is 14.8 Å². The Bertz CT molecular complexity index is 331. The van der Waals surface area contributed by atoms with Gasteiger partial charge in [0.25, 0.3) is 0 Å². The second-order valence-corrected chi connectivity index (χ2v) is 3.29. The van der Waals surface area contributed by atoms with E-state index in [0.717, 1.165) is 4.68 Å². The summed E-state index contributed by atoms with van der Waals surface area (Å²) in [5.74, 6) is 0.585. The number of aromatic nitrogens is 3. The Kier molecular flexibility index (Phi) is 3.33. The Morgan fingerprint density at radius 1 is 1.40 bits per heavy atom. The summed E-state index contributed by atoms with van der Waals surface area (Å²) in [7, 11) is 0. The van der Waals surface area contributed by atoms with Crippen molar-refractivity contribution in [3.8, 4) is 0 Å². The summed E-state index contributed by atoms with van der Waals surface area (Å²) in [5, 5.41) is 3.73. The molecule has 1 aromatic heterocycles. The van der Waals surface area contributed by atoms with E-state index >= 15 is 0 Å². The first kappa shape index (κ1) is 12.0. The van der Waals surface area contributed by atoms with Gasteiger partial charge in [0.15, 0.2) is 6.04 Å². The summed E-state index contributed by atoms with van der Waals surface area (Å²) < 4.78 is 38.8. The minimum absolute atomic E-state index is 0.0392. The topological polar surface area (TPSA) is 56.7 Å². The minimum Gasteiger partial charge on any atom is -0.330 e. The fraction of sp³-hybridized carbons (Fsp3) is 0.750. The standard InChI is InChI=1S/C8H13F3N4/c1-5-13-6(2)15(14-5)7(3-4-12)8(9,10)11/h7H,3-4,12H2,1-2H3. The molecule has 0 radical (unpaired) electrons. The number of alkyl halides is 3. The Balaban J connectivity index is 3.04. The zero-order valence-electron chi connectivity index (χ0n) is 8.54. The number of hydrogen-bond acceptors (Lipinski definition) is 3. The van der Waals surface area contributed by atoms with Gasteiger partial charge in [0.2, 0.25) is 0 Å². The molecule has 0 saturated heterocycles. The zero-order chi connectivity index (χ0) is 11.6. The highest BCUT2D eigenvalue weighted by atomic mass is 19.4. The van der Waals surface area contributed by atoms with Crippen molar-refractivity contribution < 1.29 is 13.2 Å². The van der Waals surface area contributed by atoms with Gasteiger partial charge in [-0.05, 0) is 26.8 Å². The molecule has 1 aromatic rings. The summed E-state index contributed by atoms with van der Waals surface area (Å²) >= 11 is 0. The Hall–Kier alpha value is -1.11. The van der Waals surface area contributed by atoms with Crippen LogP contribution in [0.25, 0.3) is 0 Å². The van der Waals surface area contributed by atoms with E-state index in [2.05, 4.69) is 10.1 Å². The van der Waals surface area contributed by atoms with Crippen molar-refractivity contribution in [3.05, 3.63) is 11.6 Å². The summed E-state index contributed by atoms with van der Waals surface area (Å²) in [4.78, 5) is 3.84. The van der Waals surface area contributed by atoms with Gasteiger partial charge in [-0.25, -0.2) is 9.67 Å². The van der Waals surface area contributed by atoms with Gasteiger partial charge in [-0.2, -0.15) is 18.3 Å². The number of nitrogens with two attached hydrogens (primary N) is 1. The lowest BCUT2D eigenvalue weighted by Crippen LogP contribution is -2.30. The van der Waals surface area contributed by atoms with Gasteiger partial charge in [-0.3, -0.25) is 0 Å². The molecule has 2 N–H and O–H groups in total. The average molecular weight is 222 g/mol. The third kappa shape index (κ3) is 2.68. The van der Waals surface area contributed by atoms with Crippen LogP contribution in [0.15, 0.2) is 0 Å². The van der Waals surface area contributed by atoms with Crippen LogP contribution in [0.4, 0.5) is 13.2 Å². The van der Waals surface area contributed by atoms with E-state index in [0.29, 0.717) is 5.82 Å². The average Bonchev–Trinajstić information content (AvgIpc) is 2.39. The summed E-state index contributed by atoms with van der Waals surface area (Å²) in [6, 6.07) is -1.68. The third-order valence-electron chi connectivity index (χ3n) is 2.02. The maximum absolute atomic E-state index is 12.6. The normalized spacial score (nSPS) is 14.3. The van der Waals surface area contributed by atoms with Crippen LogP contribution in [0.1, 0.15) is 24.1 Å². The van der Waals surface area contributed by atoms with Gasteiger partial charge in [0.05, 0.1) is 0 Å². The monoisotopic (exact) mass is 222 g/mol. The number of rotatable bonds is 3. The molecule has 0 saturated carbocycles. The number of nitrogens with zero attached hydrogens (tertiary/aromatic N) is 3. The molecule has 0 amide bonds. The molecule has 0 aliphatic heterocycles. The zero-order valence-corrected chi connectivity index (χ0v) is 8.54. The maximum atomic E-state index is 12.6. The van der Waals surface area contributed by atoms with Crippen molar-refractivity contribution in [3.63, 3.8) is 0 Å². The summed E-state index contributed by atoms with van der Waals surface area (Å²) in [6.45, 7) is 3.01. The van der Waals surface area contributed by atoms with Gasteiger partial charge in [-0.15, -0.1) is 0 Å². The van der Waals surface area contributed by atoms with Crippen LogP contribution < -0.4 is 5.73 Å². The van der Waals surface area contributed by atoms with Gasteiger partial charge in [0.1, 0.15) is 11.6 Å². The van der Waals surface area contributed by atoms with Gasteiger partial charge < -0.3 is 5.73 Å². The molecule has 1 unspecified atom stereocenters. The van der Waals surface area contributed by atoms with E-state index in [1.165, 1.54) is 6.92 Å². The molecule has 0 spiro atoms. The predicted molar refractivity (Wildman–Crippen MR) is 48.3 cm³/mol. The lowest BCUT2D eigenvalue weighted by atomic mass is 10.2. The van der Waals surface area contributed by atoms with Crippen molar-refractivity contribution in [2.75, 3.05) is 6.54 Å². The first-order valence-electron chi connectivity index (χ1n) is 4.52. The van der Waals surface area contributed by atoms with E-state index in [9.17, 15) is 13.2 Å². The highest BCUT2D eigenvalue weighted by Crippen LogP contribution is 2.32. The van der Waals surface area contributed by atoms with Crippen LogP contribution in [0, 0.1) is 13.8 Å². The van der Waals surface area contributed by atoms with Crippen molar-refractivity contribution >= 4 is 0 Å². The Morgan fingerprint density at radius 2 is 2.00 bits per heavy atom. The van der Waals surface area contributed by atoms with Gasteiger partial charge >= 0.3 is 6.18 Å². The lowest BCUT2D eigenvalue weighted by molar-refractivity contribution is -0.171. The predicted octanol–water partition coefficient (Wildman–Crippen LogP) is 1.35. The van der Waals surface area contributed by atoms with Crippen LogP contribution in [0.3, 0.4) is 0 Å². The molecular formula is C8H13F3N4. The van der Waals surface area contributed by atoms with E-state index in [1.54, 1.807) is 6.92 Å². The Morgan fingerprint density at radius 3 is 2.33 bits per heavy atom. The molecule has 1 atom stereocenters. The number of halogens is 3. The summed E-state index contributed by atoms with van der Waals surface area (Å²) in [5.41, 5.74) is 5.16. The van der Waals surface area contributed by atoms with Crippen molar-refractivity contribution in [2.24, 2.45) is 5.73 Å². The maximum Gasteiger partial charge on any atom is 0.410 e. The van der Waals surface area contributed by atoms with Crippen LogP contribution in [0.2, 0.25) is 0 Å². The van der Waals surface area contributed by atoms with Gasteiger partial charge in [0, 0.05) is 0 Å². The first-order chi connectivity index (χ1) is 6.86. The van der Waals surface area contributed by atoms with Crippen LogP contribution >= 0.6 is 0 Å². The molecule has 0 aliphatic carbocycles. The SMILES string of the molecule is Cc1nc(C)n(C(CCN)C(F)(F)F)n1. The smallest absolute Gasteiger partial charge is 0.330 e. The second kappa shape index (κ2) is 4.18. The quantitative estimate of drug-likeness (QED) is 0.839. The van der Waals surface area contributed by atoms with Crippen LogP contribution in [-0.2, 0) is 0 Å². The molecule has 1 heterocycles. The molecule has 0 fully saturated rings. The molecule has 0 bridgehead atoms. The minimum atomic E-state index is -4.34. The lowest BCUT2D eigenvalue weighted by Gasteiger charge is -2.20. The Labute approximate surface area is 85.3 Å². The molecular weight excluding hydrogens is 209 g/mol. The molecule has 86 valence electrons. The molecule has 1 rings (SSSR count). The van der Waals surface area contributed by atoms with E-state index < -0.39 is 12.2 Å². The van der Waals surface area contributed by atoms with Crippen LogP contribution in [-0.4, -0.2) is 27.5 Å². The molecule has 4 nitrogen and oxygen atoms in total. The first-order valence-corrected chi connectivity index (χ1v) is 4.52. The van der Waals surface area contributed by atoms with Crippen molar-refractivity contribution in [2.45, 2.75) is 32.5 Å². The summed E-state index contributed by atoms with van der Waals surface area (Å²) in [6.07, 6.45) is -4.53.